The first-order valence-corrected chi connectivity index (χ1v) is 7.37. The monoisotopic (exact) mass is 390 g/mol. The van der Waals surface area contributed by atoms with E-state index in [4.69, 9.17) is 0 Å². The highest BCUT2D eigenvalue weighted by Gasteiger charge is 2.13. The van der Waals surface area contributed by atoms with Crippen molar-refractivity contribution in [3.63, 3.8) is 0 Å². The summed E-state index contributed by atoms with van der Waals surface area (Å²) in [6.07, 6.45) is 3.39. The molecular formula is C15H11IN4O. The molecule has 2 aromatic heterocycles. The number of aryl methyl sites for hydroxylation is 1. The number of nitrogens with zero attached hydrogens (tertiary/aromatic N) is 3. The molecule has 3 rings (SSSR count). The number of hydrogen-bond acceptors (Lipinski definition) is 4. The summed E-state index contributed by atoms with van der Waals surface area (Å²) < 4.78 is 0.551. The molecule has 1 N–H and O–H groups in total. The maximum atomic E-state index is 12.1. The first-order valence-electron chi connectivity index (χ1n) is 6.29. The second-order valence-corrected chi connectivity index (χ2v) is 5.61. The zero-order chi connectivity index (χ0) is 14.8. The molecule has 104 valence electrons. The van der Waals surface area contributed by atoms with Crippen LogP contribution in [-0.4, -0.2) is 19.9 Å². The minimum Gasteiger partial charge on any atom is -0.303 e. The van der Waals surface area contributed by atoms with Crippen LogP contribution in [0.25, 0.3) is 22.9 Å². The number of aromatic amines is 1. The second-order valence-electron chi connectivity index (χ2n) is 4.53. The van der Waals surface area contributed by atoms with Gasteiger partial charge in [-0.25, -0.2) is 15.0 Å². The Morgan fingerprint density at radius 3 is 2.43 bits per heavy atom. The molecule has 0 aliphatic rings. The zero-order valence-corrected chi connectivity index (χ0v) is 13.3. The average Bonchev–Trinajstić information content (AvgIpc) is 2.51. The molecule has 0 saturated carbocycles. The van der Waals surface area contributed by atoms with Gasteiger partial charge in [-0.05, 0) is 35.1 Å². The Morgan fingerprint density at radius 2 is 1.76 bits per heavy atom. The van der Waals surface area contributed by atoms with Crippen LogP contribution in [0.4, 0.5) is 0 Å². The minimum absolute atomic E-state index is 0.191. The van der Waals surface area contributed by atoms with Crippen molar-refractivity contribution in [2.45, 2.75) is 6.92 Å². The van der Waals surface area contributed by atoms with Crippen LogP contribution in [0.15, 0.2) is 47.5 Å². The average molecular weight is 390 g/mol. The van der Waals surface area contributed by atoms with E-state index < -0.39 is 0 Å². The zero-order valence-electron chi connectivity index (χ0n) is 11.2. The van der Waals surface area contributed by atoms with Crippen molar-refractivity contribution in [2.24, 2.45) is 0 Å². The van der Waals surface area contributed by atoms with Gasteiger partial charge in [-0.2, -0.15) is 0 Å². The lowest BCUT2D eigenvalue weighted by Gasteiger charge is -2.06. The van der Waals surface area contributed by atoms with E-state index in [0.29, 0.717) is 20.9 Å². The van der Waals surface area contributed by atoms with Gasteiger partial charge in [0.25, 0.3) is 5.56 Å². The maximum absolute atomic E-state index is 12.1. The van der Waals surface area contributed by atoms with E-state index in [1.165, 1.54) is 0 Å². The molecule has 2 heterocycles. The largest absolute Gasteiger partial charge is 0.303 e. The van der Waals surface area contributed by atoms with Gasteiger partial charge in [0.15, 0.2) is 11.6 Å². The number of hydrogen-bond donors (Lipinski definition) is 1. The number of nitrogens with one attached hydrogen (secondary N) is 1. The van der Waals surface area contributed by atoms with Gasteiger partial charge in [0, 0.05) is 18.0 Å². The van der Waals surface area contributed by atoms with Crippen molar-refractivity contribution in [1.82, 2.24) is 19.9 Å². The Bertz CT molecular complexity index is 829. The molecule has 0 unspecified atom stereocenters. The summed E-state index contributed by atoms with van der Waals surface area (Å²) in [5, 5.41) is 0. The molecule has 0 radical (unpaired) electrons. The third-order valence-corrected chi connectivity index (χ3v) is 3.90. The highest BCUT2D eigenvalue weighted by Crippen LogP contribution is 2.22. The van der Waals surface area contributed by atoms with Gasteiger partial charge in [-0.1, -0.05) is 30.3 Å². The summed E-state index contributed by atoms with van der Waals surface area (Å²) in [4.78, 5) is 27.8. The molecule has 0 aliphatic carbocycles. The number of H-pyrrole nitrogens is 1. The quantitative estimate of drug-likeness (QED) is 0.684. The topological polar surface area (TPSA) is 71.5 Å². The molecule has 21 heavy (non-hydrogen) atoms. The van der Waals surface area contributed by atoms with E-state index in [0.717, 1.165) is 11.1 Å². The van der Waals surface area contributed by atoms with Gasteiger partial charge in [0.2, 0.25) is 0 Å². The number of halogens is 1. The predicted molar refractivity (Wildman–Crippen MR) is 88.8 cm³/mol. The highest BCUT2D eigenvalue weighted by atomic mass is 127. The molecule has 0 amide bonds. The summed E-state index contributed by atoms with van der Waals surface area (Å²) in [6.45, 7) is 1.91. The molecule has 0 fully saturated rings. The number of benzene rings is 1. The normalized spacial score (nSPS) is 10.6. The molecule has 3 aromatic rings. The van der Waals surface area contributed by atoms with Crippen LogP contribution in [0, 0.1) is 10.5 Å². The SMILES string of the molecule is Cc1cnc(-c2nc(-c3ccccc3)c(I)c(=O)[nH]2)nc1. The molecular weight excluding hydrogens is 379 g/mol. The fourth-order valence-electron chi connectivity index (χ4n) is 1.87. The summed E-state index contributed by atoms with van der Waals surface area (Å²) in [6, 6.07) is 9.59. The van der Waals surface area contributed by atoms with E-state index in [1.54, 1.807) is 12.4 Å². The molecule has 1 aromatic carbocycles. The van der Waals surface area contributed by atoms with E-state index in [9.17, 15) is 4.79 Å². The molecule has 0 aliphatic heterocycles. The molecule has 0 atom stereocenters. The van der Waals surface area contributed by atoms with Crippen molar-refractivity contribution in [2.75, 3.05) is 0 Å². The van der Waals surface area contributed by atoms with Crippen LogP contribution in [0.3, 0.4) is 0 Å². The second kappa shape index (κ2) is 5.72. The van der Waals surface area contributed by atoms with Crippen LogP contribution in [0.2, 0.25) is 0 Å². The Balaban J connectivity index is 2.19. The first-order chi connectivity index (χ1) is 10.1. The van der Waals surface area contributed by atoms with Gasteiger partial charge in [-0.3, -0.25) is 4.79 Å². The van der Waals surface area contributed by atoms with Gasteiger partial charge in [-0.15, -0.1) is 0 Å². The summed E-state index contributed by atoms with van der Waals surface area (Å²) in [5.41, 5.74) is 2.29. The Labute approximate surface area is 134 Å². The van der Waals surface area contributed by atoms with E-state index >= 15 is 0 Å². The summed E-state index contributed by atoms with van der Waals surface area (Å²) in [5.74, 6) is 0.783. The smallest absolute Gasteiger partial charge is 0.265 e. The van der Waals surface area contributed by atoms with Crippen molar-refractivity contribution >= 4 is 22.6 Å². The van der Waals surface area contributed by atoms with Crippen molar-refractivity contribution in [1.29, 1.82) is 0 Å². The third-order valence-electron chi connectivity index (χ3n) is 2.90. The maximum Gasteiger partial charge on any atom is 0.265 e. The lowest BCUT2D eigenvalue weighted by atomic mass is 10.1. The van der Waals surface area contributed by atoms with Crippen molar-refractivity contribution in [3.05, 3.63) is 62.2 Å². The lowest BCUT2D eigenvalue weighted by Crippen LogP contribution is -2.15. The van der Waals surface area contributed by atoms with E-state index in [2.05, 4.69) is 19.9 Å². The van der Waals surface area contributed by atoms with Gasteiger partial charge in [0.05, 0.1) is 5.69 Å². The van der Waals surface area contributed by atoms with Crippen LogP contribution < -0.4 is 5.56 Å². The van der Waals surface area contributed by atoms with Crippen LogP contribution in [0.1, 0.15) is 5.56 Å². The fraction of sp³-hybridized carbons (Fsp3) is 0.0667. The molecule has 6 heteroatoms. The Morgan fingerprint density at radius 1 is 1.10 bits per heavy atom. The van der Waals surface area contributed by atoms with Crippen LogP contribution >= 0.6 is 22.6 Å². The standard InChI is InChI=1S/C15H11IN4O/c1-9-7-17-13(18-8-9)14-19-12(11(16)15(21)20-14)10-5-3-2-4-6-10/h2-8H,1H3,(H,19,20,21). The summed E-state index contributed by atoms with van der Waals surface area (Å²) in [7, 11) is 0. The fourth-order valence-corrected chi connectivity index (χ4v) is 2.43. The van der Waals surface area contributed by atoms with Crippen molar-refractivity contribution < 1.29 is 0 Å². The van der Waals surface area contributed by atoms with Gasteiger partial charge in [0.1, 0.15) is 3.57 Å². The number of aromatic nitrogens is 4. The highest BCUT2D eigenvalue weighted by molar-refractivity contribution is 14.1. The molecule has 0 saturated heterocycles. The first kappa shape index (κ1) is 13.9. The van der Waals surface area contributed by atoms with E-state index in [-0.39, 0.29) is 5.56 Å². The third kappa shape index (κ3) is 2.85. The van der Waals surface area contributed by atoms with Crippen molar-refractivity contribution in [3.8, 4) is 22.9 Å². The minimum atomic E-state index is -0.191. The van der Waals surface area contributed by atoms with E-state index in [1.807, 2.05) is 59.8 Å². The van der Waals surface area contributed by atoms with Crippen LogP contribution in [-0.2, 0) is 0 Å². The molecule has 0 bridgehead atoms. The Hall–Kier alpha value is -2.09. The molecule has 5 nitrogen and oxygen atoms in total. The van der Waals surface area contributed by atoms with Crippen LogP contribution in [0.5, 0.6) is 0 Å². The van der Waals surface area contributed by atoms with Gasteiger partial charge < -0.3 is 4.98 Å². The summed E-state index contributed by atoms with van der Waals surface area (Å²) >= 11 is 2.00. The Kier molecular flexibility index (Phi) is 3.78. The molecule has 0 spiro atoms. The van der Waals surface area contributed by atoms with Gasteiger partial charge >= 0.3 is 0 Å². The number of rotatable bonds is 2. The lowest BCUT2D eigenvalue weighted by molar-refractivity contribution is 1.04. The predicted octanol–water partition coefficient (Wildman–Crippen LogP) is 2.81.